The lowest BCUT2D eigenvalue weighted by atomic mass is 9.92. The second-order valence-corrected chi connectivity index (χ2v) is 8.47. The summed E-state index contributed by atoms with van der Waals surface area (Å²) in [6.07, 6.45) is -4.63. The SMILES string of the molecule is CC(C)(C)c1cc(NC(=O)c2ccccc2C(F)(F)F)n(-c2ccc(Br)cc2)n1. The molecule has 1 amide bonds. The van der Waals surface area contributed by atoms with Gasteiger partial charge in [0.25, 0.3) is 5.91 Å². The van der Waals surface area contributed by atoms with Crippen LogP contribution < -0.4 is 5.32 Å². The van der Waals surface area contributed by atoms with Gasteiger partial charge in [0.1, 0.15) is 5.82 Å². The minimum Gasteiger partial charge on any atom is -0.306 e. The average Bonchev–Trinajstić information content (AvgIpc) is 3.06. The fourth-order valence-electron chi connectivity index (χ4n) is 2.73. The fourth-order valence-corrected chi connectivity index (χ4v) is 2.99. The topological polar surface area (TPSA) is 46.9 Å². The lowest BCUT2D eigenvalue weighted by Crippen LogP contribution is -2.20. The summed E-state index contributed by atoms with van der Waals surface area (Å²) >= 11 is 3.36. The Morgan fingerprint density at radius 1 is 1.03 bits per heavy atom. The molecule has 3 rings (SSSR count). The van der Waals surface area contributed by atoms with Crippen molar-refractivity contribution in [3.05, 3.63) is 75.9 Å². The van der Waals surface area contributed by atoms with Crippen molar-refractivity contribution in [1.82, 2.24) is 9.78 Å². The van der Waals surface area contributed by atoms with E-state index in [4.69, 9.17) is 0 Å². The van der Waals surface area contributed by atoms with Gasteiger partial charge in [0.05, 0.1) is 22.5 Å². The number of aromatic nitrogens is 2. The van der Waals surface area contributed by atoms with Crippen molar-refractivity contribution < 1.29 is 18.0 Å². The van der Waals surface area contributed by atoms with Crippen LogP contribution in [-0.2, 0) is 11.6 Å². The lowest BCUT2D eigenvalue weighted by Gasteiger charge is -2.14. The highest BCUT2D eigenvalue weighted by molar-refractivity contribution is 9.10. The van der Waals surface area contributed by atoms with Crippen LogP contribution in [0.2, 0.25) is 0 Å². The van der Waals surface area contributed by atoms with Crippen molar-refractivity contribution in [3.8, 4) is 5.69 Å². The first kappa shape index (κ1) is 21.1. The van der Waals surface area contributed by atoms with Crippen LogP contribution in [0.3, 0.4) is 0 Å². The largest absolute Gasteiger partial charge is 0.417 e. The normalized spacial score (nSPS) is 12.1. The second kappa shape index (κ2) is 7.67. The molecule has 4 nitrogen and oxygen atoms in total. The van der Waals surface area contributed by atoms with Gasteiger partial charge in [-0.2, -0.15) is 18.3 Å². The van der Waals surface area contributed by atoms with Crippen molar-refractivity contribution in [2.24, 2.45) is 0 Å². The lowest BCUT2D eigenvalue weighted by molar-refractivity contribution is -0.137. The number of anilines is 1. The molecule has 0 unspecified atom stereocenters. The smallest absolute Gasteiger partial charge is 0.306 e. The van der Waals surface area contributed by atoms with Gasteiger partial charge in [-0.05, 0) is 36.4 Å². The molecule has 2 aromatic carbocycles. The van der Waals surface area contributed by atoms with Crippen molar-refractivity contribution >= 4 is 27.7 Å². The van der Waals surface area contributed by atoms with E-state index in [1.165, 1.54) is 16.8 Å². The summed E-state index contributed by atoms with van der Waals surface area (Å²) in [5.74, 6) is -0.559. The average molecular weight is 466 g/mol. The number of halogens is 4. The molecule has 0 saturated carbocycles. The standard InChI is InChI=1S/C21H19BrF3N3O/c1-20(2,3)17-12-18(28(27-17)14-10-8-13(22)9-11-14)26-19(29)15-6-4-5-7-16(15)21(23,24)25/h4-12H,1-3H3,(H,26,29). The first-order valence-electron chi connectivity index (χ1n) is 8.81. The van der Waals surface area contributed by atoms with E-state index in [1.807, 2.05) is 32.9 Å². The summed E-state index contributed by atoms with van der Waals surface area (Å²) in [4.78, 5) is 12.7. The maximum atomic E-state index is 13.3. The van der Waals surface area contributed by atoms with Gasteiger partial charge < -0.3 is 5.32 Å². The minimum atomic E-state index is -4.63. The first-order valence-corrected chi connectivity index (χ1v) is 9.60. The maximum absolute atomic E-state index is 13.3. The number of alkyl halides is 3. The van der Waals surface area contributed by atoms with E-state index < -0.39 is 23.2 Å². The minimum absolute atomic E-state index is 0.291. The molecule has 0 aliphatic carbocycles. The summed E-state index contributed by atoms with van der Waals surface area (Å²) in [5, 5.41) is 7.16. The van der Waals surface area contributed by atoms with E-state index >= 15 is 0 Å². The van der Waals surface area contributed by atoms with Crippen molar-refractivity contribution in [2.45, 2.75) is 32.4 Å². The third kappa shape index (κ3) is 4.70. The van der Waals surface area contributed by atoms with Crippen LogP contribution in [-0.4, -0.2) is 15.7 Å². The molecule has 1 heterocycles. The molecule has 8 heteroatoms. The third-order valence-corrected chi connectivity index (χ3v) is 4.80. The summed E-state index contributed by atoms with van der Waals surface area (Å²) in [7, 11) is 0. The van der Waals surface area contributed by atoms with Crippen LogP contribution in [0.1, 0.15) is 42.4 Å². The Kier molecular flexibility index (Phi) is 5.58. The van der Waals surface area contributed by atoms with Crippen LogP contribution in [0, 0.1) is 0 Å². The van der Waals surface area contributed by atoms with Gasteiger partial charge in [-0.3, -0.25) is 4.79 Å². The van der Waals surface area contributed by atoms with Gasteiger partial charge >= 0.3 is 6.18 Å². The number of hydrogen-bond donors (Lipinski definition) is 1. The molecule has 0 radical (unpaired) electrons. The molecule has 3 aromatic rings. The highest BCUT2D eigenvalue weighted by Crippen LogP contribution is 2.33. The van der Waals surface area contributed by atoms with E-state index in [2.05, 4.69) is 26.3 Å². The maximum Gasteiger partial charge on any atom is 0.417 e. The Bertz CT molecular complexity index is 1030. The Morgan fingerprint density at radius 3 is 2.24 bits per heavy atom. The zero-order chi connectivity index (χ0) is 21.4. The molecule has 1 N–H and O–H groups in total. The van der Waals surface area contributed by atoms with Gasteiger partial charge in [-0.15, -0.1) is 0 Å². The van der Waals surface area contributed by atoms with E-state index in [-0.39, 0.29) is 5.41 Å². The van der Waals surface area contributed by atoms with Crippen LogP contribution in [0.15, 0.2) is 59.1 Å². The Morgan fingerprint density at radius 2 is 1.66 bits per heavy atom. The van der Waals surface area contributed by atoms with Crippen molar-refractivity contribution in [1.29, 1.82) is 0 Å². The Hall–Kier alpha value is -2.61. The molecule has 0 aliphatic rings. The number of carbonyl (C=O) groups excluding carboxylic acids is 1. The molecule has 0 atom stereocenters. The monoisotopic (exact) mass is 465 g/mol. The van der Waals surface area contributed by atoms with E-state index in [0.29, 0.717) is 17.2 Å². The van der Waals surface area contributed by atoms with Crippen molar-refractivity contribution in [2.75, 3.05) is 5.32 Å². The van der Waals surface area contributed by atoms with Gasteiger partial charge in [0.15, 0.2) is 0 Å². The second-order valence-electron chi connectivity index (χ2n) is 7.55. The highest BCUT2D eigenvalue weighted by atomic mass is 79.9. The fraction of sp³-hybridized carbons (Fsp3) is 0.238. The predicted molar refractivity (Wildman–Crippen MR) is 109 cm³/mol. The molecule has 29 heavy (non-hydrogen) atoms. The Labute approximate surface area is 174 Å². The molecule has 0 bridgehead atoms. The molecule has 0 spiro atoms. The Balaban J connectivity index is 2.04. The van der Waals surface area contributed by atoms with Gasteiger partial charge in [-0.25, -0.2) is 4.68 Å². The first-order chi connectivity index (χ1) is 13.5. The van der Waals surface area contributed by atoms with Crippen LogP contribution in [0.25, 0.3) is 5.69 Å². The number of nitrogens with one attached hydrogen (secondary N) is 1. The van der Waals surface area contributed by atoms with E-state index in [0.717, 1.165) is 16.6 Å². The number of carbonyl (C=O) groups is 1. The summed E-state index contributed by atoms with van der Waals surface area (Å²) < 4.78 is 42.2. The summed E-state index contributed by atoms with van der Waals surface area (Å²) in [6.45, 7) is 5.89. The van der Waals surface area contributed by atoms with Crippen molar-refractivity contribution in [3.63, 3.8) is 0 Å². The molecular weight excluding hydrogens is 447 g/mol. The van der Waals surface area contributed by atoms with Gasteiger partial charge in [0, 0.05) is 16.0 Å². The van der Waals surface area contributed by atoms with Gasteiger partial charge in [0.2, 0.25) is 0 Å². The van der Waals surface area contributed by atoms with Crippen LogP contribution in [0.4, 0.5) is 19.0 Å². The quantitative estimate of drug-likeness (QED) is 0.500. The molecule has 0 aliphatic heterocycles. The highest BCUT2D eigenvalue weighted by Gasteiger charge is 2.35. The summed E-state index contributed by atoms with van der Waals surface area (Å²) in [6, 6.07) is 13.6. The zero-order valence-electron chi connectivity index (χ0n) is 16.0. The number of nitrogens with zero attached hydrogens (tertiary/aromatic N) is 2. The summed E-state index contributed by atoms with van der Waals surface area (Å²) in [5.41, 5.74) is -0.378. The molecule has 152 valence electrons. The number of benzene rings is 2. The van der Waals surface area contributed by atoms with Gasteiger partial charge in [-0.1, -0.05) is 48.8 Å². The van der Waals surface area contributed by atoms with Crippen LogP contribution >= 0.6 is 15.9 Å². The molecule has 0 saturated heterocycles. The zero-order valence-corrected chi connectivity index (χ0v) is 17.6. The predicted octanol–water partition coefficient (Wildman–Crippen LogP) is 6.20. The number of hydrogen-bond acceptors (Lipinski definition) is 2. The number of amides is 1. The third-order valence-electron chi connectivity index (χ3n) is 4.27. The van der Waals surface area contributed by atoms with E-state index in [9.17, 15) is 18.0 Å². The van der Waals surface area contributed by atoms with E-state index in [1.54, 1.807) is 18.2 Å². The molecule has 0 fully saturated rings. The molecular formula is C21H19BrF3N3O. The molecule has 1 aromatic heterocycles. The number of rotatable bonds is 3. The van der Waals surface area contributed by atoms with Crippen LogP contribution in [0.5, 0.6) is 0 Å².